The molecule has 1 N–H and O–H groups in total. The van der Waals surface area contributed by atoms with E-state index >= 15 is 0 Å². The smallest absolute Gasteiger partial charge is 0.110 e. The molecule has 2 rings (SSSR count). The molecule has 0 saturated heterocycles. The van der Waals surface area contributed by atoms with Gasteiger partial charge in [-0.15, -0.1) is 11.8 Å². The second kappa shape index (κ2) is 6.19. The number of aliphatic hydroxyl groups is 1. The molecule has 1 aromatic carbocycles. The third kappa shape index (κ3) is 3.56. The quantitative estimate of drug-likeness (QED) is 0.876. The lowest BCUT2D eigenvalue weighted by atomic mass is 10.2. The lowest BCUT2D eigenvalue weighted by molar-refractivity contribution is 0.282. The van der Waals surface area contributed by atoms with E-state index in [1.54, 1.807) is 18.0 Å². The van der Waals surface area contributed by atoms with Gasteiger partial charge in [0.25, 0.3) is 0 Å². The Balaban J connectivity index is 2.00. The predicted molar refractivity (Wildman–Crippen MR) is 73.9 cm³/mol. The van der Waals surface area contributed by atoms with E-state index in [0.717, 1.165) is 20.8 Å². The van der Waals surface area contributed by atoms with Crippen molar-refractivity contribution in [3.63, 3.8) is 0 Å². The Hall–Kier alpha value is -0.840. The monoisotopic (exact) mass is 309 g/mol. The highest BCUT2D eigenvalue weighted by atomic mass is 79.9. The number of benzene rings is 1. The van der Waals surface area contributed by atoms with Gasteiger partial charge in [-0.1, -0.05) is 24.3 Å². The summed E-state index contributed by atoms with van der Waals surface area (Å²) >= 11 is 5.17. The summed E-state index contributed by atoms with van der Waals surface area (Å²) in [5.74, 6) is 0.876. The van der Waals surface area contributed by atoms with Gasteiger partial charge in [-0.25, -0.2) is 4.98 Å². The van der Waals surface area contributed by atoms with Gasteiger partial charge < -0.3 is 5.11 Å². The first-order valence-corrected chi connectivity index (χ1v) is 6.99. The van der Waals surface area contributed by atoms with Gasteiger partial charge in [-0.3, -0.25) is 0 Å². The largest absolute Gasteiger partial charge is 0.392 e. The minimum absolute atomic E-state index is 0.0964. The third-order valence-corrected chi connectivity index (χ3v) is 4.28. The highest BCUT2D eigenvalue weighted by Gasteiger charge is 2.01. The number of thioether (sulfide) groups is 1. The molecule has 0 fully saturated rings. The SMILES string of the molecule is OCc1ccc(CSc2ncccc2Br)cc1. The maximum absolute atomic E-state index is 8.95. The van der Waals surface area contributed by atoms with Crippen LogP contribution in [0.15, 0.2) is 52.1 Å². The zero-order valence-electron chi connectivity index (χ0n) is 9.14. The summed E-state index contributed by atoms with van der Waals surface area (Å²) < 4.78 is 1.02. The van der Waals surface area contributed by atoms with Crippen LogP contribution in [0.1, 0.15) is 11.1 Å². The molecule has 0 aliphatic rings. The van der Waals surface area contributed by atoms with Crippen molar-refractivity contribution in [3.05, 3.63) is 58.2 Å². The van der Waals surface area contributed by atoms with Crippen LogP contribution in [0, 0.1) is 0 Å². The second-order valence-corrected chi connectivity index (χ2v) is 5.37. The molecule has 0 saturated carbocycles. The molecule has 0 atom stereocenters. The first-order chi connectivity index (χ1) is 8.29. The highest BCUT2D eigenvalue weighted by molar-refractivity contribution is 9.10. The Labute approximate surface area is 113 Å². The van der Waals surface area contributed by atoms with Crippen molar-refractivity contribution in [1.29, 1.82) is 0 Å². The van der Waals surface area contributed by atoms with Crippen molar-refractivity contribution in [1.82, 2.24) is 4.98 Å². The molecule has 0 amide bonds. The van der Waals surface area contributed by atoms with Gasteiger partial charge in [0, 0.05) is 16.4 Å². The Morgan fingerprint density at radius 3 is 2.47 bits per heavy atom. The van der Waals surface area contributed by atoms with Crippen LogP contribution in [0.5, 0.6) is 0 Å². The molecule has 1 heterocycles. The summed E-state index contributed by atoms with van der Waals surface area (Å²) in [6.45, 7) is 0.0964. The molecule has 0 spiro atoms. The molecule has 88 valence electrons. The van der Waals surface area contributed by atoms with E-state index in [9.17, 15) is 0 Å². The Bertz CT molecular complexity index is 487. The van der Waals surface area contributed by atoms with Gasteiger partial charge in [0.2, 0.25) is 0 Å². The molecular weight excluding hydrogens is 298 g/mol. The van der Waals surface area contributed by atoms with Crippen LogP contribution in [0.2, 0.25) is 0 Å². The Morgan fingerprint density at radius 1 is 1.12 bits per heavy atom. The molecule has 2 aromatic rings. The number of aliphatic hydroxyl groups excluding tert-OH is 1. The van der Waals surface area contributed by atoms with E-state index in [0.29, 0.717) is 0 Å². The standard InChI is InChI=1S/C13H12BrNOS/c14-12-2-1-7-15-13(12)17-9-11-5-3-10(8-16)4-6-11/h1-7,16H,8-9H2. The van der Waals surface area contributed by atoms with Gasteiger partial charge in [0.1, 0.15) is 5.03 Å². The fraction of sp³-hybridized carbons (Fsp3) is 0.154. The van der Waals surface area contributed by atoms with Gasteiger partial charge >= 0.3 is 0 Å². The summed E-state index contributed by atoms with van der Waals surface area (Å²) in [6.07, 6.45) is 1.79. The first-order valence-electron chi connectivity index (χ1n) is 5.21. The Kier molecular flexibility index (Phi) is 4.59. The molecule has 0 unspecified atom stereocenters. The normalized spacial score (nSPS) is 10.5. The van der Waals surface area contributed by atoms with E-state index in [-0.39, 0.29) is 6.61 Å². The van der Waals surface area contributed by atoms with E-state index < -0.39 is 0 Å². The minimum atomic E-state index is 0.0964. The van der Waals surface area contributed by atoms with Crippen LogP contribution >= 0.6 is 27.7 Å². The van der Waals surface area contributed by atoms with Gasteiger partial charge in [0.05, 0.1) is 6.61 Å². The fourth-order valence-electron chi connectivity index (χ4n) is 1.37. The van der Waals surface area contributed by atoms with Crippen LogP contribution in [0.25, 0.3) is 0 Å². The van der Waals surface area contributed by atoms with Gasteiger partial charge in [-0.2, -0.15) is 0 Å². The Morgan fingerprint density at radius 2 is 1.82 bits per heavy atom. The number of pyridine rings is 1. The van der Waals surface area contributed by atoms with Gasteiger partial charge in [0.15, 0.2) is 0 Å². The lowest BCUT2D eigenvalue weighted by Crippen LogP contribution is -1.86. The third-order valence-electron chi connectivity index (χ3n) is 2.31. The summed E-state index contributed by atoms with van der Waals surface area (Å²) in [6, 6.07) is 11.9. The molecule has 0 aliphatic heterocycles. The number of halogens is 1. The van der Waals surface area contributed by atoms with E-state index in [1.165, 1.54) is 5.56 Å². The average molecular weight is 310 g/mol. The maximum atomic E-state index is 8.95. The van der Waals surface area contributed by atoms with Crippen LogP contribution in [0.4, 0.5) is 0 Å². The lowest BCUT2D eigenvalue weighted by Gasteiger charge is -2.04. The van der Waals surface area contributed by atoms with Crippen molar-refractivity contribution < 1.29 is 5.11 Å². The predicted octanol–water partition coefficient (Wildman–Crippen LogP) is 3.63. The van der Waals surface area contributed by atoms with Crippen LogP contribution < -0.4 is 0 Å². The first kappa shape index (κ1) is 12.6. The van der Waals surface area contributed by atoms with E-state index in [2.05, 4.69) is 20.9 Å². The average Bonchev–Trinajstić information content (AvgIpc) is 2.38. The molecule has 1 aromatic heterocycles. The number of hydrogen-bond acceptors (Lipinski definition) is 3. The number of nitrogens with zero attached hydrogens (tertiary/aromatic N) is 1. The van der Waals surface area contributed by atoms with Crippen molar-refractivity contribution >= 4 is 27.7 Å². The minimum Gasteiger partial charge on any atom is -0.392 e. The number of aromatic nitrogens is 1. The van der Waals surface area contributed by atoms with Crippen molar-refractivity contribution in [2.24, 2.45) is 0 Å². The zero-order valence-corrected chi connectivity index (χ0v) is 11.5. The molecule has 0 bridgehead atoms. The molecule has 0 aliphatic carbocycles. The van der Waals surface area contributed by atoms with Crippen LogP contribution in [0.3, 0.4) is 0 Å². The van der Waals surface area contributed by atoms with Gasteiger partial charge in [-0.05, 0) is 39.2 Å². The van der Waals surface area contributed by atoms with Crippen molar-refractivity contribution in [2.45, 2.75) is 17.4 Å². The summed E-state index contributed by atoms with van der Waals surface area (Å²) in [4.78, 5) is 4.30. The molecule has 17 heavy (non-hydrogen) atoms. The molecule has 4 heteroatoms. The zero-order chi connectivity index (χ0) is 12.1. The highest BCUT2D eigenvalue weighted by Crippen LogP contribution is 2.27. The van der Waals surface area contributed by atoms with Crippen molar-refractivity contribution in [2.75, 3.05) is 0 Å². The van der Waals surface area contributed by atoms with Crippen LogP contribution in [-0.2, 0) is 12.4 Å². The fourth-order valence-corrected chi connectivity index (χ4v) is 2.81. The van der Waals surface area contributed by atoms with Crippen LogP contribution in [-0.4, -0.2) is 10.1 Å². The van der Waals surface area contributed by atoms with E-state index in [1.807, 2.05) is 36.4 Å². The number of rotatable bonds is 4. The maximum Gasteiger partial charge on any atom is 0.110 e. The topological polar surface area (TPSA) is 33.1 Å². The number of hydrogen-bond donors (Lipinski definition) is 1. The molecule has 0 radical (unpaired) electrons. The van der Waals surface area contributed by atoms with E-state index in [4.69, 9.17) is 5.11 Å². The van der Waals surface area contributed by atoms with Crippen molar-refractivity contribution in [3.8, 4) is 0 Å². The summed E-state index contributed by atoms with van der Waals surface area (Å²) in [5.41, 5.74) is 2.17. The second-order valence-electron chi connectivity index (χ2n) is 3.55. The summed E-state index contributed by atoms with van der Waals surface area (Å²) in [7, 11) is 0. The molecule has 2 nitrogen and oxygen atoms in total. The molecular formula is C13H12BrNOS. The summed E-state index contributed by atoms with van der Waals surface area (Å²) in [5, 5.41) is 9.95.